The zero-order valence-electron chi connectivity index (χ0n) is 10.1. The summed E-state index contributed by atoms with van der Waals surface area (Å²) < 4.78 is 5.61. The standard InChI is InChI=1S/C11H16BrN3O3/c1-18-5-4-13-10(16)2-3-14-11(17)9-6-8(12)7-15-9/h6-7,15H,2-5H2,1H3,(H,13,16)(H,14,17). The van der Waals surface area contributed by atoms with E-state index in [2.05, 4.69) is 31.5 Å². The lowest BCUT2D eigenvalue weighted by Crippen LogP contribution is -2.32. The van der Waals surface area contributed by atoms with Crippen LogP contribution in [0.5, 0.6) is 0 Å². The fraction of sp³-hybridized carbons (Fsp3) is 0.455. The number of amides is 2. The van der Waals surface area contributed by atoms with Gasteiger partial charge in [-0.1, -0.05) is 0 Å². The number of rotatable bonds is 7. The molecule has 1 heterocycles. The van der Waals surface area contributed by atoms with E-state index in [1.807, 2.05) is 0 Å². The molecule has 0 radical (unpaired) electrons. The van der Waals surface area contributed by atoms with E-state index in [1.54, 1.807) is 19.4 Å². The molecule has 18 heavy (non-hydrogen) atoms. The molecule has 6 nitrogen and oxygen atoms in total. The summed E-state index contributed by atoms with van der Waals surface area (Å²) in [6.45, 7) is 1.26. The first-order valence-electron chi connectivity index (χ1n) is 5.51. The van der Waals surface area contributed by atoms with Crippen LogP contribution in [-0.4, -0.2) is 43.6 Å². The highest BCUT2D eigenvalue weighted by Gasteiger charge is 2.08. The number of nitrogens with one attached hydrogen (secondary N) is 3. The molecule has 0 atom stereocenters. The molecule has 0 spiro atoms. The van der Waals surface area contributed by atoms with Gasteiger partial charge < -0.3 is 20.4 Å². The van der Waals surface area contributed by atoms with Crippen molar-refractivity contribution in [2.24, 2.45) is 0 Å². The maximum atomic E-state index is 11.6. The lowest BCUT2D eigenvalue weighted by Gasteiger charge is -2.05. The van der Waals surface area contributed by atoms with Gasteiger partial charge in [-0.15, -0.1) is 0 Å². The number of carbonyl (C=O) groups excluding carboxylic acids is 2. The van der Waals surface area contributed by atoms with Crippen molar-refractivity contribution in [2.75, 3.05) is 26.8 Å². The van der Waals surface area contributed by atoms with E-state index in [4.69, 9.17) is 4.74 Å². The number of hydrogen-bond acceptors (Lipinski definition) is 3. The Balaban J connectivity index is 2.17. The topological polar surface area (TPSA) is 83.2 Å². The average Bonchev–Trinajstić information content (AvgIpc) is 2.76. The lowest BCUT2D eigenvalue weighted by molar-refractivity contribution is -0.121. The minimum atomic E-state index is -0.231. The van der Waals surface area contributed by atoms with Crippen LogP contribution in [0.4, 0.5) is 0 Å². The van der Waals surface area contributed by atoms with Gasteiger partial charge in [0, 0.05) is 37.3 Å². The largest absolute Gasteiger partial charge is 0.383 e. The SMILES string of the molecule is COCCNC(=O)CCNC(=O)c1cc(Br)c[nH]1. The molecule has 1 aromatic heterocycles. The Bertz CT molecular complexity index is 406. The molecule has 0 saturated heterocycles. The van der Waals surface area contributed by atoms with E-state index in [0.29, 0.717) is 25.4 Å². The quantitative estimate of drug-likeness (QED) is 0.646. The third kappa shape index (κ3) is 5.33. The van der Waals surface area contributed by atoms with E-state index in [-0.39, 0.29) is 18.2 Å². The molecule has 0 aliphatic heterocycles. The fourth-order valence-corrected chi connectivity index (χ4v) is 1.61. The van der Waals surface area contributed by atoms with Gasteiger partial charge in [-0.2, -0.15) is 0 Å². The molecule has 3 N–H and O–H groups in total. The van der Waals surface area contributed by atoms with Crippen molar-refractivity contribution in [2.45, 2.75) is 6.42 Å². The molecule has 0 fully saturated rings. The van der Waals surface area contributed by atoms with E-state index in [1.165, 1.54) is 0 Å². The Hall–Kier alpha value is -1.34. The summed E-state index contributed by atoms with van der Waals surface area (Å²) in [5, 5.41) is 5.32. The molecule has 0 aliphatic rings. The summed E-state index contributed by atoms with van der Waals surface area (Å²) in [4.78, 5) is 25.7. The predicted octanol–water partition coefficient (Wildman–Crippen LogP) is 0.660. The van der Waals surface area contributed by atoms with Gasteiger partial charge >= 0.3 is 0 Å². The van der Waals surface area contributed by atoms with Crippen LogP contribution in [0.2, 0.25) is 0 Å². The monoisotopic (exact) mass is 317 g/mol. The van der Waals surface area contributed by atoms with Crippen LogP contribution in [-0.2, 0) is 9.53 Å². The summed E-state index contributed by atoms with van der Waals surface area (Å²) in [5.74, 6) is -0.342. The average molecular weight is 318 g/mol. The second kappa shape index (κ2) is 7.88. The van der Waals surface area contributed by atoms with E-state index >= 15 is 0 Å². The number of halogens is 1. The van der Waals surface area contributed by atoms with Crippen LogP contribution in [0.15, 0.2) is 16.7 Å². The van der Waals surface area contributed by atoms with Gasteiger partial charge in [-0.3, -0.25) is 9.59 Å². The molecule has 0 unspecified atom stereocenters. The number of carbonyl (C=O) groups is 2. The van der Waals surface area contributed by atoms with Crippen molar-refractivity contribution >= 4 is 27.7 Å². The highest BCUT2D eigenvalue weighted by atomic mass is 79.9. The van der Waals surface area contributed by atoms with Crippen molar-refractivity contribution in [1.29, 1.82) is 0 Å². The van der Waals surface area contributed by atoms with Gasteiger partial charge in [0.05, 0.1) is 6.61 Å². The van der Waals surface area contributed by atoms with Crippen LogP contribution in [0.1, 0.15) is 16.9 Å². The number of aromatic amines is 1. The maximum Gasteiger partial charge on any atom is 0.267 e. The molecule has 1 rings (SSSR count). The highest BCUT2D eigenvalue weighted by molar-refractivity contribution is 9.10. The lowest BCUT2D eigenvalue weighted by atomic mass is 10.3. The van der Waals surface area contributed by atoms with Crippen LogP contribution < -0.4 is 10.6 Å². The molecule has 2 amide bonds. The number of hydrogen-bond donors (Lipinski definition) is 3. The first-order chi connectivity index (χ1) is 8.63. The third-order valence-corrected chi connectivity index (χ3v) is 2.62. The zero-order valence-corrected chi connectivity index (χ0v) is 11.7. The van der Waals surface area contributed by atoms with Gasteiger partial charge in [-0.25, -0.2) is 0 Å². The van der Waals surface area contributed by atoms with E-state index < -0.39 is 0 Å². The van der Waals surface area contributed by atoms with Gasteiger partial charge in [0.25, 0.3) is 5.91 Å². The smallest absolute Gasteiger partial charge is 0.267 e. The summed E-state index contributed by atoms with van der Waals surface area (Å²) in [6, 6.07) is 1.67. The molecule has 1 aromatic rings. The molecule has 100 valence electrons. The first-order valence-corrected chi connectivity index (χ1v) is 6.30. The Morgan fingerprint density at radius 2 is 2.17 bits per heavy atom. The Morgan fingerprint density at radius 1 is 1.39 bits per heavy atom. The van der Waals surface area contributed by atoms with Crippen molar-refractivity contribution in [3.8, 4) is 0 Å². The molecule has 0 saturated carbocycles. The summed E-state index contributed by atoms with van der Waals surface area (Å²) in [7, 11) is 1.57. The van der Waals surface area contributed by atoms with E-state index in [9.17, 15) is 9.59 Å². The summed E-state index contributed by atoms with van der Waals surface area (Å²) >= 11 is 3.24. The molecule has 0 aliphatic carbocycles. The Morgan fingerprint density at radius 3 is 2.78 bits per heavy atom. The molecule has 0 aromatic carbocycles. The summed E-state index contributed by atoms with van der Waals surface area (Å²) in [5.41, 5.74) is 0.460. The van der Waals surface area contributed by atoms with Gasteiger partial charge in [0.2, 0.25) is 5.91 Å². The minimum Gasteiger partial charge on any atom is -0.383 e. The fourth-order valence-electron chi connectivity index (χ4n) is 1.26. The Labute approximate surface area is 114 Å². The molecule has 0 bridgehead atoms. The normalized spacial score (nSPS) is 10.1. The van der Waals surface area contributed by atoms with Crippen molar-refractivity contribution in [1.82, 2.24) is 15.6 Å². The van der Waals surface area contributed by atoms with Crippen molar-refractivity contribution in [3.05, 3.63) is 22.4 Å². The van der Waals surface area contributed by atoms with Crippen LogP contribution in [0.25, 0.3) is 0 Å². The second-order valence-corrected chi connectivity index (χ2v) is 4.50. The van der Waals surface area contributed by atoms with Crippen LogP contribution in [0, 0.1) is 0 Å². The minimum absolute atomic E-state index is 0.111. The zero-order chi connectivity index (χ0) is 13.4. The van der Waals surface area contributed by atoms with Gasteiger partial charge in [-0.05, 0) is 22.0 Å². The number of aromatic nitrogens is 1. The number of ether oxygens (including phenoxy) is 1. The third-order valence-electron chi connectivity index (χ3n) is 2.16. The van der Waals surface area contributed by atoms with Gasteiger partial charge in [0.1, 0.15) is 5.69 Å². The molecule has 7 heteroatoms. The van der Waals surface area contributed by atoms with Crippen molar-refractivity contribution in [3.63, 3.8) is 0 Å². The van der Waals surface area contributed by atoms with Crippen LogP contribution >= 0.6 is 15.9 Å². The maximum absolute atomic E-state index is 11.6. The predicted molar refractivity (Wildman–Crippen MR) is 70.3 cm³/mol. The van der Waals surface area contributed by atoms with E-state index in [0.717, 1.165) is 4.47 Å². The molecular weight excluding hydrogens is 302 g/mol. The number of H-pyrrole nitrogens is 1. The Kier molecular flexibility index (Phi) is 6.45. The molecular formula is C11H16BrN3O3. The first kappa shape index (κ1) is 14.7. The number of methoxy groups -OCH3 is 1. The van der Waals surface area contributed by atoms with Crippen molar-refractivity contribution < 1.29 is 14.3 Å². The summed E-state index contributed by atoms with van der Waals surface area (Å²) in [6.07, 6.45) is 1.92. The highest BCUT2D eigenvalue weighted by Crippen LogP contribution is 2.10. The van der Waals surface area contributed by atoms with Crippen LogP contribution in [0.3, 0.4) is 0 Å². The second-order valence-electron chi connectivity index (χ2n) is 3.58. The van der Waals surface area contributed by atoms with Gasteiger partial charge in [0.15, 0.2) is 0 Å².